The first-order chi connectivity index (χ1) is 13.6. The zero-order chi connectivity index (χ0) is 19.7. The Hall–Kier alpha value is -2.67. The minimum Gasteiger partial charge on any atom is -0.356 e. The molecule has 1 aromatic heterocycles. The Bertz CT molecular complexity index is 842. The molecule has 0 radical (unpaired) electrons. The summed E-state index contributed by atoms with van der Waals surface area (Å²) < 4.78 is 7.96. The normalized spacial score (nSPS) is 23.9. The zero-order valence-electron chi connectivity index (χ0n) is 16.3. The molecule has 0 saturated carbocycles. The van der Waals surface area contributed by atoms with E-state index in [9.17, 15) is 9.59 Å². The van der Waals surface area contributed by atoms with E-state index in [0.29, 0.717) is 19.1 Å². The Morgan fingerprint density at radius 3 is 2.54 bits per heavy atom. The van der Waals surface area contributed by atoms with E-state index in [-0.39, 0.29) is 18.4 Å². The summed E-state index contributed by atoms with van der Waals surface area (Å²) in [5.41, 5.74) is 2.06. The van der Waals surface area contributed by atoms with Crippen LogP contribution in [0.4, 0.5) is 0 Å². The van der Waals surface area contributed by atoms with Crippen LogP contribution in [0.25, 0.3) is 0 Å². The van der Waals surface area contributed by atoms with Crippen LogP contribution in [-0.4, -0.2) is 64.0 Å². The zero-order valence-corrected chi connectivity index (χ0v) is 16.3. The van der Waals surface area contributed by atoms with Crippen molar-refractivity contribution in [2.75, 3.05) is 26.7 Å². The first-order valence-electron chi connectivity index (χ1n) is 9.75. The maximum atomic E-state index is 13.3. The average molecular weight is 382 g/mol. The number of morpholine rings is 1. The third-order valence-corrected chi connectivity index (χ3v) is 5.90. The fourth-order valence-corrected chi connectivity index (χ4v) is 4.26. The number of hydrogen-bond acceptors (Lipinski definition) is 4. The second kappa shape index (κ2) is 7.75. The number of carbonyl (C=O) groups excluding carboxylic acids is 2. The molecular weight excluding hydrogens is 356 g/mol. The van der Waals surface area contributed by atoms with E-state index in [1.54, 1.807) is 11.9 Å². The van der Waals surface area contributed by atoms with Crippen molar-refractivity contribution in [3.8, 4) is 0 Å². The van der Waals surface area contributed by atoms with Gasteiger partial charge in [-0.15, -0.1) is 0 Å². The molecule has 2 aromatic rings. The maximum absolute atomic E-state index is 13.3. The van der Waals surface area contributed by atoms with E-state index in [1.165, 1.54) is 0 Å². The number of amides is 2. The highest BCUT2D eigenvalue weighted by atomic mass is 16.5. The Morgan fingerprint density at radius 2 is 1.89 bits per heavy atom. The van der Waals surface area contributed by atoms with Gasteiger partial charge in [0.15, 0.2) is 6.10 Å². The van der Waals surface area contributed by atoms with Crippen molar-refractivity contribution in [1.29, 1.82) is 0 Å². The van der Waals surface area contributed by atoms with Crippen LogP contribution >= 0.6 is 0 Å². The van der Waals surface area contributed by atoms with Gasteiger partial charge in [0.1, 0.15) is 6.61 Å². The smallest absolute Gasteiger partial charge is 0.254 e. The summed E-state index contributed by atoms with van der Waals surface area (Å²) in [5, 5.41) is 0. The Labute approximate surface area is 164 Å². The second-order valence-electron chi connectivity index (χ2n) is 7.59. The standard InChI is InChI=1S/C21H26N4O3/c1-15-12-22-14-25(15)17-8-10-24(11-9-17)21(27)20-19(16-6-4-3-5-7-16)23(2)18(26)13-28-20/h3-7,12,14,17,19-20H,8-11,13H2,1-2H3. The molecule has 0 bridgehead atoms. The van der Waals surface area contributed by atoms with Crippen molar-refractivity contribution in [3.05, 3.63) is 54.1 Å². The van der Waals surface area contributed by atoms with Crippen LogP contribution in [0.15, 0.2) is 42.9 Å². The van der Waals surface area contributed by atoms with Crippen LogP contribution < -0.4 is 0 Å². The van der Waals surface area contributed by atoms with Gasteiger partial charge in [-0.2, -0.15) is 0 Å². The van der Waals surface area contributed by atoms with Crippen molar-refractivity contribution in [1.82, 2.24) is 19.4 Å². The topological polar surface area (TPSA) is 67.7 Å². The van der Waals surface area contributed by atoms with Gasteiger partial charge in [-0.25, -0.2) is 4.98 Å². The highest BCUT2D eigenvalue weighted by Crippen LogP contribution is 2.32. The molecule has 0 spiro atoms. The highest BCUT2D eigenvalue weighted by molar-refractivity contribution is 5.86. The third kappa shape index (κ3) is 3.42. The molecule has 0 N–H and O–H groups in total. The number of imidazole rings is 1. The lowest BCUT2D eigenvalue weighted by molar-refractivity contribution is -0.168. The monoisotopic (exact) mass is 382 g/mol. The summed E-state index contributed by atoms with van der Waals surface area (Å²) in [4.78, 5) is 33.2. The van der Waals surface area contributed by atoms with Gasteiger partial charge in [0.05, 0.1) is 12.4 Å². The van der Waals surface area contributed by atoms with Gasteiger partial charge in [-0.05, 0) is 25.3 Å². The van der Waals surface area contributed by atoms with Gasteiger partial charge in [-0.3, -0.25) is 9.59 Å². The van der Waals surface area contributed by atoms with Gasteiger partial charge in [0, 0.05) is 38.1 Å². The van der Waals surface area contributed by atoms with Gasteiger partial charge in [-0.1, -0.05) is 30.3 Å². The number of aryl methyl sites for hydroxylation is 1. The number of piperidine rings is 1. The molecule has 1 aromatic carbocycles. The van der Waals surface area contributed by atoms with E-state index in [0.717, 1.165) is 24.1 Å². The Balaban J connectivity index is 1.49. The number of rotatable bonds is 3. The van der Waals surface area contributed by atoms with Crippen LogP contribution in [0.1, 0.15) is 36.2 Å². The van der Waals surface area contributed by atoms with E-state index in [1.807, 2.05) is 47.8 Å². The fraction of sp³-hybridized carbons (Fsp3) is 0.476. The molecule has 2 amide bonds. The van der Waals surface area contributed by atoms with Crippen molar-refractivity contribution in [3.63, 3.8) is 0 Å². The van der Waals surface area contributed by atoms with Crippen LogP contribution in [0.2, 0.25) is 0 Å². The van der Waals surface area contributed by atoms with Crippen LogP contribution in [-0.2, 0) is 14.3 Å². The molecule has 2 unspecified atom stereocenters. The molecule has 7 nitrogen and oxygen atoms in total. The predicted octanol–water partition coefficient (Wildman–Crippen LogP) is 1.95. The van der Waals surface area contributed by atoms with Crippen LogP contribution in [0.3, 0.4) is 0 Å². The molecule has 2 aliphatic heterocycles. The van der Waals surface area contributed by atoms with E-state index in [2.05, 4.69) is 16.5 Å². The molecule has 4 rings (SSSR count). The van der Waals surface area contributed by atoms with Crippen molar-refractivity contribution >= 4 is 11.8 Å². The number of hydrogen-bond donors (Lipinski definition) is 0. The third-order valence-electron chi connectivity index (χ3n) is 5.90. The number of nitrogens with zero attached hydrogens (tertiary/aromatic N) is 4. The number of likely N-dealkylation sites (tertiary alicyclic amines) is 1. The number of benzene rings is 1. The Kier molecular flexibility index (Phi) is 5.17. The molecule has 2 atom stereocenters. The van der Waals surface area contributed by atoms with Crippen LogP contribution in [0.5, 0.6) is 0 Å². The molecule has 148 valence electrons. The van der Waals surface area contributed by atoms with Gasteiger partial charge < -0.3 is 19.1 Å². The number of ether oxygens (including phenoxy) is 1. The summed E-state index contributed by atoms with van der Waals surface area (Å²) in [5.74, 6) is -0.138. The van der Waals surface area contributed by atoms with Crippen molar-refractivity contribution in [2.24, 2.45) is 0 Å². The highest BCUT2D eigenvalue weighted by Gasteiger charge is 2.42. The van der Waals surface area contributed by atoms with E-state index < -0.39 is 12.1 Å². The second-order valence-corrected chi connectivity index (χ2v) is 7.59. The summed E-state index contributed by atoms with van der Waals surface area (Å²) in [6.45, 7) is 3.36. The molecule has 0 aliphatic carbocycles. The number of carbonyl (C=O) groups is 2. The van der Waals surface area contributed by atoms with Gasteiger partial charge in [0.2, 0.25) is 5.91 Å². The quantitative estimate of drug-likeness (QED) is 0.814. The maximum Gasteiger partial charge on any atom is 0.254 e. The van der Waals surface area contributed by atoms with Crippen molar-refractivity contribution < 1.29 is 14.3 Å². The first kappa shape index (κ1) is 18.7. The summed E-state index contributed by atoms with van der Waals surface area (Å²) >= 11 is 0. The largest absolute Gasteiger partial charge is 0.356 e. The summed E-state index contributed by atoms with van der Waals surface area (Å²) in [6, 6.07) is 9.62. The van der Waals surface area contributed by atoms with E-state index >= 15 is 0 Å². The summed E-state index contributed by atoms with van der Waals surface area (Å²) in [6.07, 6.45) is 4.84. The van der Waals surface area contributed by atoms with Gasteiger partial charge >= 0.3 is 0 Å². The SMILES string of the molecule is Cc1cncn1C1CCN(C(=O)C2OCC(=O)N(C)C2c2ccccc2)CC1. The molecule has 2 fully saturated rings. The summed E-state index contributed by atoms with van der Waals surface area (Å²) in [7, 11) is 1.75. The lowest BCUT2D eigenvalue weighted by Gasteiger charge is -2.41. The van der Waals surface area contributed by atoms with Crippen molar-refractivity contribution in [2.45, 2.75) is 38.0 Å². The van der Waals surface area contributed by atoms with Gasteiger partial charge in [0.25, 0.3) is 5.91 Å². The van der Waals surface area contributed by atoms with Crippen LogP contribution in [0, 0.1) is 6.92 Å². The molecule has 3 heterocycles. The molecule has 2 saturated heterocycles. The first-order valence-corrected chi connectivity index (χ1v) is 9.75. The number of likely N-dealkylation sites (N-methyl/N-ethyl adjacent to an activating group) is 1. The number of aromatic nitrogens is 2. The Morgan fingerprint density at radius 1 is 1.18 bits per heavy atom. The lowest BCUT2D eigenvalue weighted by Crippen LogP contribution is -2.55. The molecule has 7 heteroatoms. The molecule has 28 heavy (non-hydrogen) atoms. The van der Waals surface area contributed by atoms with E-state index in [4.69, 9.17) is 4.74 Å². The molecular formula is C21H26N4O3. The average Bonchev–Trinajstić information content (AvgIpc) is 3.16. The fourth-order valence-electron chi connectivity index (χ4n) is 4.26. The lowest BCUT2D eigenvalue weighted by atomic mass is 9.96. The minimum atomic E-state index is -0.670. The minimum absolute atomic E-state index is 0.0333. The molecule has 2 aliphatic rings. The predicted molar refractivity (Wildman–Crippen MR) is 104 cm³/mol.